The smallest absolute Gasteiger partial charge is 0.225 e. The maximum absolute atomic E-state index is 11.5. The topological polar surface area (TPSA) is 46.6 Å². The van der Waals surface area contributed by atoms with Gasteiger partial charge < -0.3 is 4.74 Å². The van der Waals surface area contributed by atoms with E-state index in [4.69, 9.17) is 4.74 Å². The van der Waals surface area contributed by atoms with Crippen molar-refractivity contribution in [2.45, 2.75) is 11.5 Å². The lowest BCUT2D eigenvalue weighted by Gasteiger charge is -2.27. The van der Waals surface area contributed by atoms with Gasteiger partial charge in [-0.1, -0.05) is 0 Å². The van der Waals surface area contributed by atoms with Crippen molar-refractivity contribution in [2.75, 3.05) is 26.3 Å². The number of rotatable bonds is 2. The molecule has 0 saturated carbocycles. The highest BCUT2D eigenvalue weighted by molar-refractivity contribution is 8.03. The van der Waals surface area contributed by atoms with Gasteiger partial charge in [0.25, 0.3) is 0 Å². The summed E-state index contributed by atoms with van der Waals surface area (Å²) in [7, 11) is -3.18. The van der Waals surface area contributed by atoms with E-state index in [1.807, 2.05) is 0 Å². The Morgan fingerprint density at radius 3 is 2.33 bits per heavy atom. The molecule has 1 heterocycles. The SMILES string of the molecule is CC(S)S(=O)(=O)N1CCOCC1. The lowest BCUT2D eigenvalue weighted by molar-refractivity contribution is 0.0730. The van der Waals surface area contributed by atoms with Crippen LogP contribution in [0.25, 0.3) is 0 Å². The molecule has 1 fully saturated rings. The van der Waals surface area contributed by atoms with E-state index >= 15 is 0 Å². The van der Waals surface area contributed by atoms with Crippen LogP contribution in [0.1, 0.15) is 6.92 Å². The molecule has 12 heavy (non-hydrogen) atoms. The maximum Gasteiger partial charge on any atom is 0.225 e. The summed E-state index contributed by atoms with van der Waals surface area (Å²) < 4.78 is 28.8. The summed E-state index contributed by atoms with van der Waals surface area (Å²) in [4.78, 5) is 0. The van der Waals surface area contributed by atoms with Crippen LogP contribution in [0.5, 0.6) is 0 Å². The minimum Gasteiger partial charge on any atom is -0.379 e. The molecule has 0 aromatic heterocycles. The Kier molecular flexibility index (Phi) is 3.39. The van der Waals surface area contributed by atoms with E-state index in [9.17, 15) is 8.42 Å². The summed E-state index contributed by atoms with van der Waals surface area (Å²) in [6, 6.07) is 0. The summed E-state index contributed by atoms with van der Waals surface area (Å²) in [6.07, 6.45) is 0. The van der Waals surface area contributed by atoms with Crippen molar-refractivity contribution in [1.82, 2.24) is 4.31 Å². The quantitative estimate of drug-likeness (QED) is 0.650. The number of nitrogens with zero attached hydrogens (tertiary/aromatic N) is 1. The van der Waals surface area contributed by atoms with Crippen molar-refractivity contribution < 1.29 is 13.2 Å². The monoisotopic (exact) mass is 211 g/mol. The third-order valence-corrected chi connectivity index (χ3v) is 4.51. The molecule has 4 nitrogen and oxygen atoms in total. The number of ether oxygens (including phenoxy) is 1. The largest absolute Gasteiger partial charge is 0.379 e. The minimum absolute atomic E-state index is 0.452. The van der Waals surface area contributed by atoms with Gasteiger partial charge in [-0.05, 0) is 6.92 Å². The molecule has 0 spiro atoms. The second kappa shape index (κ2) is 3.95. The Balaban J connectivity index is 2.67. The summed E-state index contributed by atoms with van der Waals surface area (Å²) in [5.41, 5.74) is 0. The van der Waals surface area contributed by atoms with Gasteiger partial charge >= 0.3 is 0 Å². The molecule has 1 saturated heterocycles. The van der Waals surface area contributed by atoms with Crippen molar-refractivity contribution in [3.63, 3.8) is 0 Å². The highest BCUT2D eigenvalue weighted by Crippen LogP contribution is 2.13. The zero-order valence-corrected chi connectivity index (χ0v) is 8.64. The molecule has 72 valence electrons. The Morgan fingerprint density at radius 2 is 1.92 bits per heavy atom. The van der Waals surface area contributed by atoms with Crippen LogP contribution in [0.2, 0.25) is 0 Å². The fraction of sp³-hybridized carbons (Fsp3) is 1.00. The van der Waals surface area contributed by atoms with E-state index in [2.05, 4.69) is 12.6 Å². The molecule has 1 aliphatic rings. The maximum atomic E-state index is 11.5. The number of thiol groups is 1. The first-order chi connectivity index (χ1) is 5.55. The average molecular weight is 211 g/mol. The van der Waals surface area contributed by atoms with Gasteiger partial charge in [0.2, 0.25) is 10.0 Å². The lowest BCUT2D eigenvalue weighted by Crippen LogP contribution is -2.43. The Labute approximate surface area is 78.3 Å². The van der Waals surface area contributed by atoms with E-state index in [0.29, 0.717) is 26.3 Å². The number of sulfonamides is 1. The average Bonchev–Trinajstić information content (AvgIpc) is 2.06. The van der Waals surface area contributed by atoms with Crippen LogP contribution in [0.3, 0.4) is 0 Å². The van der Waals surface area contributed by atoms with Crippen LogP contribution in [0.4, 0.5) is 0 Å². The molecule has 0 aromatic rings. The molecule has 0 radical (unpaired) electrons. The van der Waals surface area contributed by atoms with Gasteiger partial charge in [-0.15, -0.1) is 0 Å². The summed E-state index contributed by atoms with van der Waals surface area (Å²) in [5, 5.41) is 0. The molecule has 1 aliphatic heterocycles. The van der Waals surface area contributed by atoms with Crippen LogP contribution in [-0.4, -0.2) is 43.6 Å². The van der Waals surface area contributed by atoms with Crippen molar-refractivity contribution in [3.05, 3.63) is 0 Å². The van der Waals surface area contributed by atoms with E-state index in [1.165, 1.54) is 4.31 Å². The van der Waals surface area contributed by atoms with Gasteiger partial charge in [-0.3, -0.25) is 0 Å². The van der Waals surface area contributed by atoms with Gasteiger partial charge in [0.05, 0.1) is 13.2 Å². The third-order valence-electron chi connectivity index (χ3n) is 1.76. The fourth-order valence-corrected chi connectivity index (χ4v) is 2.51. The molecule has 0 aliphatic carbocycles. The van der Waals surface area contributed by atoms with E-state index < -0.39 is 14.6 Å². The van der Waals surface area contributed by atoms with E-state index in [0.717, 1.165) is 0 Å². The van der Waals surface area contributed by atoms with Gasteiger partial charge in [-0.2, -0.15) is 16.9 Å². The van der Waals surface area contributed by atoms with Crippen LogP contribution in [0, 0.1) is 0 Å². The van der Waals surface area contributed by atoms with E-state index in [-0.39, 0.29) is 0 Å². The van der Waals surface area contributed by atoms with E-state index in [1.54, 1.807) is 6.92 Å². The Bertz CT molecular complexity index is 231. The molecule has 0 bridgehead atoms. The van der Waals surface area contributed by atoms with Crippen LogP contribution in [-0.2, 0) is 14.8 Å². The normalized spacial score (nSPS) is 23.8. The molecule has 0 amide bonds. The highest BCUT2D eigenvalue weighted by atomic mass is 32.3. The first-order valence-electron chi connectivity index (χ1n) is 3.80. The zero-order chi connectivity index (χ0) is 9.19. The Morgan fingerprint density at radius 1 is 1.42 bits per heavy atom. The third kappa shape index (κ3) is 2.12. The molecule has 1 unspecified atom stereocenters. The number of hydrogen-bond acceptors (Lipinski definition) is 4. The van der Waals surface area contributed by atoms with Crippen molar-refractivity contribution in [2.24, 2.45) is 0 Å². The van der Waals surface area contributed by atoms with Crippen LogP contribution < -0.4 is 0 Å². The van der Waals surface area contributed by atoms with Gasteiger partial charge in [0.15, 0.2) is 0 Å². The summed E-state index contributed by atoms with van der Waals surface area (Å²) in [6.45, 7) is 3.44. The molecule has 0 N–H and O–H groups in total. The molecular weight excluding hydrogens is 198 g/mol. The van der Waals surface area contributed by atoms with Crippen molar-refractivity contribution >= 4 is 22.7 Å². The second-order valence-corrected chi connectivity index (χ2v) is 6.03. The van der Waals surface area contributed by atoms with Crippen LogP contribution >= 0.6 is 12.6 Å². The molecule has 1 rings (SSSR count). The van der Waals surface area contributed by atoms with Crippen LogP contribution in [0.15, 0.2) is 0 Å². The first kappa shape index (κ1) is 10.3. The van der Waals surface area contributed by atoms with Gasteiger partial charge in [0.1, 0.15) is 4.58 Å². The molecule has 6 heteroatoms. The standard InChI is InChI=1S/C6H13NO3S2/c1-6(11)12(8,9)7-2-4-10-5-3-7/h6,11H,2-5H2,1H3. The number of hydrogen-bond donors (Lipinski definition) is 1. The molecular formula is C6H13NO3S2. The Hall–Kier alpha value is 0.220. The minimum atomic E-state index is -3.18. The van der Waals surface area contributed by atoms with Gasteiger partial charge in [-0.25, -0.2) is 8.42 Å². The first-order valence-corrected chi connectivity index (χ1v) is 5.82. The highest BCUT2D eigenvalue weighted by Gasteiger charge is 2.27. The summed E-state index contributed by atoms with van der Waals surface area (Å²) >= 11 is 3.92. The second-order valence-electron chi connectivity index (χ2n) is 2.66. The predicted molar refractivity (Wildman–Crippen MR) is 49.8 cm³/mol. The lowest BCUT2D eigenvalue weighted by atomic mass is 10.5. The molecule has 0 aromatic carbocycles. The predicted octanol–water partition coefficient (Wildman–Crippen LogP) is -0.0758. The number of morpholine rings is 1. The fourth-order valence-electron chi connectivity index (χ4n) is 1.02. The van der Waals surface area contributed by atoms with Crippen molar-refractivity contribution in [1.29, 1.82) is 0 Å². The summed E-state index contributed by atoms with van der Waals surface area (Å²) in [5.74, 6) is 0. The van der Waals surface area contributed by atoms with Gasteiger partial charge in [0, 0.05) is 13.1 Å². The molecule has 1 atom stereocenters. The zero-order valence-electron chi connectivity index (χ0n) is 6.93. The van der Waals surface area contributed by atoms with Crippen molar-refractivity contribution in [3.8, 4) is 0 Å².